The van der Waals surface area contributed by atoms with Gasteiger partial charge in [0, 0.05) is 9.75 Å². The van der Waals surface area contributed by atoms with Crippen molar-refractivity contribution in [3.05, 3.63) is 46.2 Å². The van der Waals surface area contributed by atoms with Gasteiger partial charge in [0.2, 0.25) is 0 Å². The van der Waals surface area contributed by atoms with E-state index in [1.165, 1.54) is 23.5 Å². The maximum atomic E-state index is 11.3. The van der Waals surface area contributed by atoms with Crippen LogP contribution in [-0.4, -0.2) is 22.8 Å². The van der Waals surface area contributed by atoms with Gasteiger partial charge in [-0.1, -0.05) is 0 Å². The summed E-state index contributed by atoms with van der Waals surface area (Å²) in [6.45, 7) is 2.01. The van der Waals surface area contributed by atoms with Crippen LogP contribution in [0.2, 0.25) is 0 Å². The molecule has 0 spiro atoms. The molecule has 0 aliphatic carbocycles. The van der Waals surface area contributed by atoms with Gasteiger partial charge in [-0.2, -0.15) is 0 Å². The Labute approximate surface area is 114 Å². The lowest BCUT2D eigenvalue weighted by Crippen LogP contribution is -2.18. The van der Waals surface area contributed by atoms with Crippen LogP contribution in [0.1, 0.15) is 15.7 Å². The largest absolute Gasteiger partial charge is 0.508 e. The highest BCUT2D eigenvalue weighted by Crippen LogP contribution is 2.26. The van der Waals surface area contributed by atoms with E-state index in [2.05, 4.69) is 0 Å². The van der Waals surface area contributed by atoms with Gasteiger partial charge in [0.25, 0.3) is 0 Å². The first-order valence-corrected chi connectivity index (χ1v) is 6.59. The molecule has 1 aromatic heterocycles. The fourth-order valence-electron chi connectivity index (χ4n) is 1.64. The van der Waals surface area contributed by atoms with Gasteiger partial charge in [0.15, 0.2) is 0 Å². The van der Waals surface area contributed by atoms with E-state index >= 15 is 0 Å². The number of hydrogen-bond donors (Lipinski definition) is 2. The molecule has 0 bridgehead atoms. The Kier molecular flexibility index (Phi) is 4.06. The highest BCUT2D eigenvalue weighted by Gasteiger charge is 2.22. The molecule has 2 rings (SSSR count). The zero-order valence-electron chi connectivity index (χ0n) is 10.4. The number of ether oxygens (including phenoxy) is 1. The third-order valence-electron chi connectivity index (χ3n) is 2.66. The molecule has 2 N–H and O–H groups in total. The standard InChI is InChI=1S/C14H14O4S/c1-9-2-7-13(19-9)12(14(16)17)8-18-11-5-3-10(15)4-6-11/h2-7,12,15H,8H2,1H3,(H,16,17). The second kappa shape index (κ2) is 5.75. The number of aromatic hydroxyl groups is 1. The molecular formula is C14H14O4S. The van der Waals surface area contributed by atoms with Gasteiger partial charge < -0.3 is 14.9 Å². The minimum atomic E-state index is -0.902. The fourth-order valence-corrected chi connectivity index (χ4v) is 2.59. The van der Waals surface area contributed by atoms with Gasteiger partial charge in [-0.3, -0.25) is 4.79 Å². The lowest BCUT2D eigenvalue weighted by atomic mass is 10.1. The molecule has 1 heterocycles. The summed E-state index contributed by atoms with van der Waals surface area (Å²) in [5.41, 5.74) is 0. The predicted octanol–water partition coefficient (Wildman–Crippen LogP) is 3.01. The van der Waals surface area contributed by atoms with Gasteiger partial charge in [-0.15, -0.1) is 11.3 Å². The van der Waals surface area contributed by atoms with Crippen molar-refractivity contribution < 1.29 is 19.7 Å². The summed E-state index contributed by atoms with van der Waals surface area (Å²) >= 11 is 1.46. The van der Waals surface area contributed by atoms with E-state index in [1.54, 1.807) is 12.1 Å². The van der Waals surface area contributed by atoms with Crippen LogP contribution in [0.15, 0.2) is 36.4 Å². The number of rotatable bonds is 5. The first-order valence-electron chi connectivity index (χ1n) is 5.77. The maximum absolute atomic E-state index is 11.3. The van der Waals surface area contributed by atoms with Crippen LogP contribution in [-0.2, 0) is 4.79 Å². The van der Waals surface area contributed by atoms with Crippen LogP contribution in [0.4, 0.5) is 0 Å². The molecule has 2 aromatic rings. The Morgan fingerprint density at radius 1 is 1.26 bits per heavy atom. The second-order valence-electron chi connectivity index (χ2n) is 4.14. The molecule has 1 aromatic carbocycles. The monoisotopic (exact) mass is 278 g/mol. The number of carboxylic acid groups (broad SMARTS) is 1. The summed E-state index contributed by atoms with van der Waals surface area (Å²) in [4.78, 5) is 13.1. The van der Waals surface area contributed by atoms with E-state index < -0.39 is 11.9 Å². The van der Waals surface area contributed by atoms with E-state index in [4.69, 9.17) is 9.84 Å². The maximum Gasteiger partial charge on any atom is 0.315 e. The molecule has 5 heteroatoms. The van der Waals surface area contributed by atoms with Crippen molar-refractivity contribution in [3.63, 3.8) is 0 Å². The highest BCUT2D eigenvalue weighted by molar-refractivity contribution is 7.12. The first-order chi connectivity index (χ1) is 9.06. The van der Waals surface area contributed by atoms with Crippen LogP contribution in [0, 0.1) is 6.92 Å². The summed E-state index contributed by atoms with van der Waals surface area (Å²) in [5, 5.41) is 18.4. The van der Waals surface area contributed by atoms with E-state index in [-0.39, 0.29) is 12.4 Å². The SMILES string of the molecule is Cc1ccc(C(COc2ccc(O)cc2)C(=O)O)s1. The van der Waals surface area contributed by atoms with Crippen molar-refractivity contribution in [2.24, 2.45) is 0 Å². The minimum absolute atomic E-state index is 0.0695. The summed E-state index contributed by atoms with van der Waals surface area (Å²) in [7, 11) is 0. The molecule has 0 fully saturated rings. The number of hydrogen-bond acceptors (Lipinski definition) is 4. The summed E-state index contributed by atoms with van der Waals surface area (Å²) < 4.78 is 5.46. The van der Waals surface area contributed by atoms with E-state index in [9.17, 15) is 9.90 Å². The van der Waals surface area contributed by atoms with Crippen molar-refractivity contribution in [2.45, 2.75) is 12.8 Å². The number of benzene rings is 1. The normalized spacial score (nSPS) is 12.1. The Morgan fingerprint density at radius 2 is 1.95 bits per heavy atom. The summed E-state index contributed by atoms with van der Waals surface area (Å²) in [6.07, 6.45) is 0. The quantitative estimate of drug-likeness (QED) is 0.882. The van der Waals surface area contributed by atoms with Crippen molar-refractivity contribution in [1.29, 1.82) is 0 Å². The first kappa shape index (κ1) is 13.4. The third-order valence-corrected chi connectivity index (χ3v) is 3.77. The lowest BCUT2D eigenvalue weighted by Gasteiger charge is -2.12. The van der Waals surface area contributed by atoms with Crippen LogP contribution >= 0.6 is 11.3 Å². The fraction of sp³-hybridized carbons (Fsp3) is 0.214. The molecule has 0 saturated carbocycles. The van der Waals surface area contributed by atoms with E-state index in [0.717, 1.165) is 9.75 Å². The number of phenolic OH excluding ortho intramolecular Hbond substituents is 1. The van der Waals surface area contributed by atoms with Crippen LogP contribution in [0.5, 0.6) is 11.5 Å². The molecule has 1 unspecified atom stereocenters. The predicted molar refractivity (Wildman–Crippen MR) is 73.0 cm³/mol. The van der Waals surface area contributed by atoms with Gasteiger partial charge in [0.05, 0.1) is 0 Å². The average molecular weight is 278 g/mol. The number of aliphatic carboxylic acids is 1. The molecule has 19 heavy (non-hydrogen) atoms. The van der Waals surface area contributed by atoms with Crippen molar-refractivity contribution in [3.8, 4) is 11.5 Å². The van der Waals surface area contributed by atoms with E-state index in [1.807, 2.05) is 19.1 Å². The lowest BCUT2D eigenvalue weighted by molar-refractivity contribution is -0.139. The Balaban J connectivity index is 2.06. The molecule has 1 atom stereocenters. The number of thiophene rings is 1. The van der Waals surface area contributed by atoms with Gasteiger partial charge in [-0.05, 0) is 43.3 Å². The molecule has 0 aliphatic rings. The molecule has 0 aliphatic heterocycles. The Bertz CT molecular complexity index is 559. The van der Waals surface area contributed by atoms with E-state index in [0.29, 0.717) is 5.75 Å². The van der Waals surface area contributed by atoms with Crippen molar-refractivity contribution in [2.75, 3.05) is 6.61 Å². The van der Waals surface area contributed by atoms with Crippen LogP contribution in [0.3, 0.4) is 0 Å². The zero-order chi connectivity index (χ0) is 13.8. The molecule has 0 amide bonds. The van der Waals surface area contributed by atoms with Crippen LogP contribution in [0.25, 0.3) is 0 Å². The van der Waals surface area contributed by atoms with Gasteiger partial charge in [0.1, 0.15) is 24.0 Å². The van der Waals surface area contributed by atoms with Crippen molar-refractivity contribution in [1.82, 2.24) is 0 Å². The Morgan fingerprint density at radius 3 is 2.47 bits per heavy atom. The zero-order valence-corrected chi connectivity index (χ0v) is 11.2. The Hall–Kier alpha value is -2.01. The average Bonchev–Trinajstić information content (AvgIpc) is 2.78. The third kappa shape index (κ3) is 3.48. The van der Waals surface area contributed by atoms with Gasteiger partial charge >= 0.3 is 5.97 Å². The molecular weight excluding hydrogens is 264 g/mol. The number of phenols is 1. The summed E-state index contributed by atoms with van der Waals surface area (Å²) in [5.74, 6) is -0.888. The van der Waals surface area contributed by atoms with Crippen LogP contribution < -0.4 is 4.74 Å². The van der Waals surface area contributed by atoms with Gasteiger partial charge in [-0.25, -0.2) is 0 Å². The highest BCUT2D eigenvalue weighted by atomic mass is 32.1. The molecule has 0 saturated heterocycles. The number of carbonyl (C=O) groups is 1. The molecule has 4 nitrogen and oxygen atoms in total. The molecule has 0 radical (unpaired) electrons. The second-order valence-corrected chi connectivity index (χ2v) is 5.46. The minimum Gasteiger partial charge on any atom is -0.508 e. The van der Waals surface area contributed by atoms with Crippen molar-refractivity contribution >= 4 is 17.3 Å². The number of carboxylic acids is 1. The topological polar surface area (TPSA) is 66.8 Å². The summed E-state index contributed by atoms with van der Waals surface area (Å²) in [6, 6.07) is 9.93. The molecule has 100 valence electrons. The smallest absolute Gasteiger partial charge is 0.315 e. The number of aryl methyl sites for hydroxylation is 1.